The highest BCUT2D eigenvalue weighted by Gasteiger charge is 2.29. The fourth-order valence-electron chi connectivity index (χ4n) is 3.19. The molecule has 2 aromatic rings. The molecule has 2 aromatic carbocycles. The van der Waals surface area contributed by atoms with Gasteiger partial charge in [0.05, 0.1) is 5.75 Å². The van der Waals surface area contributed by atoms with Gasteiger partial charge in [-0.3, -0.25) is 0 Å². The minimum absolute atomic E-state index is 0.0674. The summed E-state index contributed by atoms with van der Waals surface area (Å²) < 4.78 is 5.36. The number of hydrogen-bond acceptors (Lipinski definition) is 4. The lowest BCUT2D eigenvalue weighted by Gasteiger charge is -2.17. The summed E-state index contributed by atoms with van der Waals surface area (Å²) in [5.74, 6) is 1.81. The van der Waals surface area contributed by atoms with Gasteiger partial charge in [-0.05, 0) is 22.3 Å². The van der Waals surface area contributed by atoms with E-state index in [1.165, 1.54) is 11.8 Å². The molecule has 1 aliphatic carbocycles. The molecule has 5 nitrogen and oxygen atoms in total. The SMILES string of the molecule is C#CCSCC(NC(=O)OCC1c2ccccc2-c2ccccc21)C(=O)O. The van der Waals surface area contributed by atoms with Crippen molar-refractivity contribution in [3.05, 3.63) is 59.7 Å². The van der Waals surface area contributed by atoms with E-state index in [0.29, 0.717) is 5.75 Å². The maximum atomic E-state index is 12.1. The fraction of sp³-hybridized carbons (Fsp3) is 0.238. The third-order valence-electron chi connectivity index (χ3n) is 4.40. The number of carboxylic acid groups (broad SMARTS) is 1. The quantitative estimate of drug-likeness (QED) is 0.568. The zero-order chi connectivity index (χ0) is 19.2. The first-order valence-corrected chi connectivity index (χ1v) is 9.62. The zero-order valence-electron chi connectivity index (χ0n) is 14.6. The average Bonchev–Trinajstić information content (AvgIpc) is 2.99. The number of hydrogen-bond donors (Lipinski definition) is 2. The Hall–Kier alpha value is -2.91. The molecule has 1 unspecified atom stereocenters. The molecule has 1 atom stereocenters. The van der Waals surface area contributed by atoms with Crippen LogP contribution in [0.25, 0.3) is 11.1 Å². The Balaban J connectivity index is 1.65. The van der Waals surface area contributed by atoms with Crippen LogP contribution in [0.2, 0.25) is 0 Å². The molecule has 0 spiro atoms. The van der Waals surface area contributed by atoms with Crippen LogP contribution in [-0.4, -0.2) is 41.3 Å². The Kier molecular flexibility index (Phi) is 6.05. The lowest BCUT2D eigenvalue weighted by Crippen LogP contribution is -2.43. The second-order valence-corrected chi connectivity index (χ2v) is 7.11. The summed E-state index contributed by atoms with van der Waals surface area (Å²) in [7, 11) is 0. The highest BCUT2D eigenvalue weighted by molar-refractivity contribution is 7.99. The Bertz CT molecular complexity index is 844. The number of thioether (sulfide) groups is 1. The lowest BCUT2D eigenvalue weighted by atomic mass is 9.98. The monoisotopic (exact) mass is 381 g/mol. The van der Waals surface area contributed by atoms with Gasteiger partial charge in [0.1, 0.15) is 12.6 Å². The van der Waals surface area contributed by atoms with E-state index in [-0.39, 0.29) is 18.3 Å². The number of alkyl carbamates (subject to hydrolysis) is 1. The third kappa shape index (κ3) is 4.26. The average molecular weight is 381 g/mol. The number of amides is 1. The Morgan fingerprint density at radius 3 is 2.30 bits per heavy atom. The molecule has 0 aliphatic heterocycles. The van der Waals surface area contributed by atoms with Crippen molar-refractivity contribution in [1.29, 1.82) is 0 Å². The molecule has 1 amide bonds. The topological polar surface area (TPSA) is 75.6 Å². The van der Waals surface area contributed by atoms with E-state index < -0.39 is 18.1 Å². The maximum absolute atomic E-state index is 12.1. The fourth-order valence-corrected chi connectivity index (χ4v) is 3.89. The van der Waals surface area contributed by atoms with Crippen LogP contribution in [-0.2, 0) is 9.53 Å². The minimum atomic E-state index is -1.12. The van der Waals surface area contributed by atoms with Crippen LogP contribution >= 0.6 is 11.8 Å². The second-order valence-electron chi connectivity index (χ2n) is 6.08. The van der Waals surface area contributed by atoms with E-state index in [2.05, 4.69) is 23.4 Å². The molecule has 0 aromatic heterocycles. The maximum Gasteiger partial charge on any atom is 0.407 e. The summed E-state index contributed by atoms with van der Waals surface area (Å²) in [6.45, 7) is 0.143. The minimum Gasteiger partial charge on any atom is -0.480 e. The van der Waals surface area contributed by atoms with Crippen molar-refractivity contribution >= 4 is 23.8 Å². The predicted molar refractivity (Wildman–Crippen MR) is 106 cm³/mol. The van der Waals surface area contributed by atoms with Gasteiger partial charge in [-0.1, -0.05) is 54.5 Å². The van der Waals surface area contributed by atoms with Gasteiger partial charge in [-0.2, -0.15) is 0 Å². The van der Waals surface area contributed by atoms with Crippen molar-refractivity contribution in [2.45, 2.75) is 12.0 Å². The van der Waals surface area contributed by atoms with Crippen molar-refractivity contribution in [3.63, 3.8) is 0 Å². The van der Waals surface area contributed by atoms with E-state index >= 15 is 0 Å². The molecular formula is C21H19NO4S. The molecule has 27 heavy (non-hydrogen) atoms. The lowest BCUT2D eigenvalue weighted by molar-refractivity contribution is -0.138. The number of carbonyl (C=O) groups is 2. The molecule has 0 radical (unpaired) electrons. The molecule has 0 fully saturated rings. The smallest absolute Gasteiger partial charge is 0.407 e. The van der Waals surface area contributed by atoms with Gasteiger partial charge in [0.25, 0.3) is 0 Å². The van der Waals surface area contributed by atoms with Gasteiger partial charge in [-0.15, -0.1) is 18.2 Å². The number of carboxylic acids is 1. The number of terminal acetylenes is 1. The zero-order valence-corrected chi connectivity index (χ0v) is 15.4. The summed E-state index contributed by atoms with van der Waals surface area (Å²) in [4.78, 5) is 23.4. The van der Waals surface area contributed by atoms with Crippen molar-refractivity contribution in [2.24, 2.45) is 0 Å². The molecule has 6 heteroatoms. The number of carbonyl (C=O) groups excluding carboxylic acids is 1. The number of aliphatic carboxylic acids is 1. The summed E-state index contributed by atoms with van der Waals surface area (Å²) in [5.41, 5.74) is 4.48. The van der Waals surface area contributed by atoms with Crippen LogP contribution in [0.1, 0.15) is 17.0 Å². The normalized spacial score (nSPS) is 13.1. The first kappa shape index (κ1) is 18.9. The van der Waals surface area contributed by atoms with E-state index in [0.717, 1.165) is 22.3 Å². The summed E-state index contributed by atoms with van der Waals surface area (Å²) in [5, 5.41) is 11.6. The van der Waals surface area contributed by atoms with Gasteiger partial charge < -0.3 is 15.2 Å². The van der Waals surface area contributed by atoms with Gasteiger partial charge >= 0.3 is 12.1 Å². The molecule has 0 bridgehead atoms. The second kappa shape index (κ2) is 8.65. The van der Waals surface area contributed by atoms with E-state index in [1.54, 1.807) is 0 Å². The van der Waals surface area contributed by atoms with Gasteiger partial charge in [0.2, 0.25) is 0 Å². The van der Waals surface area contributed by atoms with Crippen LogP contribution in [0.4, 0.5) is 4.79 Å². The largest absolute Gasteiger partial charge is 0.480 e. The molecule has 1 aliphatic rings. The van der Waals surface area contributed by atoms with Crippen molar-refractivity contribution in [2.75, 3.05) is 18.1 Å². The Morgan fingerprint density at radius 2 is 1.74 bits per heavy atom. The predicted octanol–water partition coefficient (Wildman–Crippen LogP) is 3.34. The molecule has 2 N–H and O–H groups in total. The Labute approximate surface area is 162 Å². The number of ether oxygens (including phenoxy) is 1. The van der Waals surface area contributed by atoms with Crippen molar-refractivity contribution in [1.82, 2.24) is 5.32 Å². The van der Waals surface area contributed by atoms with Crippen LogP contribution in [0.15, 0.2) is 48.5 Å². The highest BCUT2D eigenvalue weighted by Crippen LogP contribution is 2.44. The highest BCUT2D eigenvalue weighted by atomic mass is 32.2. The number of rotatable bonds is 7. The van der Waals surface area contributed by atoms with Crippen LogP contribution in [0.3, 0.4) is 0 Å². The summed E-state index contributed by atoms with van der Waals surface area (Å²) in [6, 6.07) is 15.0. The van der Waals surface area contributed by atoms with Crippen molar-refractivity contribution < 1.29 is 19.4 Å². The third-order valence-corrected chi connectivity index (χ3v) is 5.34. The van der Waals surface area contributed by atoms with Crippen LogP contribution in [0, 0.1) is 12.3 Å². The van der Waals surface area contributed by atoms with Crippen LogP contribution < -0.4 is 5.32 Å². The number of fused-ring (bicyclic) bond motifs is 3. The molecule has 138 valence electrons. The summed E-state index contributed by atoms with van der Waals surface area (Å²) in [6.07, 6.45) is 4.41. The molecule has 3 rings (SSSR count). The van der Waals surface area contributed by atoms with Gasteiger partial charge in [-0.25, -0.2) is 9.59 Å². The molecule has 0 saturated heterocycles. The van der Waals surface area contributed by atoms with Gasteiger partial charge in [0.15, 0.2) is 0 Å². The Morgan fingerprint density at radius 1 is 1.15 bits per heavy atom. The number of nitrogens with one attached hydrogen (secondary N) is 1. The van der Waals surface area contributed by atoms with E-state index in [1.807, 2.05) is 36.4 Å². The van der Waals surface area contributed by atoms with E-state index in [4.69, 9.17) is 11.2 Å². The molecule has 0 saturated carbocycles. The first-order valence-electron chi connectivity index (χ1n) is 8.47. The van der Waals surface area contributed by atoms with Crippen molar-refractivity contribution in [3.8, 4) is 23.5 Å². The molecule has 0 heterocycles. The first-order chi connectivity index (χ1) is 13.1. The van der Waals surface area contributed by atoms with E-state index in [9.17, 15) is 14.7 Å². The molecular weight excluding hydrogens is 362 g/mol. The standard InChI is InChI=1S/C21H19NO4S/c1-2-11-27-13-19(20(23)24)22-21(25)26-12-18-16-9-5-3-7-14(16)15-8-4-6-10-17(15)18/h1,3-10,18-19H,11-13H2,(H,22,25)(H,23,24). The summed E-state index contributed by atoms with van der Waals surface area (Å²) >= 11 is 1.27. The number of benzene rings is 2. The van der Waals surface area contributed by atoms with Crippen LogP contribution in [0.5, 0.6) is 0 Å². The van der Waals surface area contributed by atoms with Gasteiger partial charge in [0, 0.05) is 11.7 Å².